The molecule has 0 bridgehead atoms. The predicted octanol–water partition coefficient (Wildman–Crippen LogP) is 6.88. The molecule has 0 amide bonds. The molecule has 2 aliphatic rings. The molecule has 0 aromatic carbocycles. The van der Waals surface area contributed by atoms with Crippen molar-refractivity contribution in [1.29, 1.82) is 0 Å². The third kappa shape index (κ3) is 4.97. The first-order chi connectivity index (χ1) is 13.1. The van der Waals surface area contributed by atoms with Gasteiger partial charge in [0.2, 0.25) is 0 Å². The molecular weight excluding hydrogens is 336 g/mol. The Morgan fingerprint density at radius 1 is 1.00 bits per heavy atom. The van der Waals surface area contributed by atoms with E-state index >= 15 is 0 Å². The Bertz CT molecular complexity index is 636. The molecule has 2 aliphatic carbocycles. The minimum absolute atomic E-state index is 0.133. The quantitative estimate of drug-likeness (QED) is 0.565. The van der Waals surface area contributed by atoms with Gasteiger partial charge in [0.25, 0.3) is 0 Å². The topological polar surface area (TPSA) is 50.4 Å². The predicted molar refractivity (Wildman–Crippen MR) is 110 cm³/mol. The molecule has 152 valence electrons. The Hall–Kier alpha value is -1.25. The summed E-state index contributed by atoms with van der Waals surface area (Å²) in [4.78, 5) is 12.9. The average molecular weight is 375 g/mol. The molecule has 2 saturated carbocycles. The monoisotopic (exact) mass is 374 g/mol. The lowest BCUT2D eigenvalue weighted by Crippen LogP contribution is -2.22. The van der Waals surface area contributed by atoms with Crippen molar-refractivity contribution in [1.82, 2.24) is 0 Å². The summed E-state index contributed by atoms with van der Waals surface area (Å²) in [6.45, 7) is 4.29. The van der Waals surface area contributed by atoms with Gasteiger partial charge >= 0.3 is 5.63 Å². The molecule has 3 rings (SSSR count). The van der Waals surface area contributed by atoms with Crippen LogP contribution in [0, 0.1) is 11.8 Å². The lowest BCUT2D eigenvalue weighted by Gasteiger charge is -2.30. The van der Waals surface area contributed by atoms with Crippen molar-refractivity contribution in [3.8, 4) is 5.75 Å². The Kier molecular flexibility index (Phi) is 7.43. The highest BCUT2D eigenvalue weighted by Crippen LogP contribution is 2.41. The molecule has 0 saturated heterocycles. The van der Waals surface area contributed by atoms with E-state index in [1.54, 1.807) is 6.07 Å². The van der Waals surface area contributed by atoms with Crippen LogP contribution in [0.2, 0.25) is 0 Å². The summed E-state index contributed by atoms with van der Waals surface area (Å²) in [5.74, 6) is 2.51. The summed E-state index contributed by atoms with van der Waals surface area (Å²) < 4.78 is 5.84. The molecule has 27 heavy (non-hydrogen) atoms. The normalized spacial score (nSPS) is 21.9. The van der Waals surface area contributed by atoms with E-state index in [1.807, 2.05) is 0 Å². The molecule has 1 unspecified atom stereocenters. The standard InChI is InChI=1S/C24H38O3/c1-3-18(15-17-11-7-5-8-12-17)22-16-21(25)23(24(26)27-22)20(4-2)19-13-9-6-10-14-19/h16-20,25H,3-15H2,1-2H3/t18?,20-/m1/s1. The van der Waals surface area contributed by atoms with Crippen molar-refractivity contribution in [3.63, 3.8) is 0 Å². The Morgan fingerprint density at radius 2 is 1.63 bits per heavy atom. The maximum absolute atomic E-state index is 12.9. The fourth-order valence-corrected chi connectivity index (χ4v) is 5.67. The maximum atomic E-state index is 12.9. The zero-order valence-corrected chi connectivity index (χ0v) is 17.3. The summed E-state index contributed by atoms with van der Waals surface area (Å²) in [5.41, 5.74) is 0.255. The second-order valence-electron chi connectivity index (χ2n) is 8.99. The minimum Gasteiger partial charge on any atom is -0.507 e. The molecular formula is C24H38O3. The van der Waals surface area contributed by atoms with Gasteiger partial charge in [-0.3, -0.25) is 0 Å². The van der Waals surface area contributed by atoms with Crippen molar-refractivity contribution < 1.29 is 9.52 Å². The average Bonchev–Trinajstić information content (AvgIpc) is 2.70. The van der Waals surface area contributed by atoms with Crippen molar-refractivity contribution in [2.45, 2.75) is 109 Å². The van der Waals surface area contributed by atoms with Gasteiger partial charge in [-0.15, -0.1) is 0 Å². The third-order valence-corrected chi connectivity index (χ3v) is 7.25. The van der Waals surface area contributed by atoms with Crippen LogP contribution in [0.3, 0.4) is 0 Å². The molecule has 0 radical (unpaired) electrons. The van der Waals surface area contributed by atoms with E-state index in [1.165, 1.54) is 64.2 Å². The van der Waals surface area contributed by atoms with E-state index in [0.29, 0.717) is 17.2 Å². The van der Waals surface area contributed by atoms with E-state index in [0.717, 1.165) is 25.2 Å². The van der Waals surface area contributed by atoms with Crippen LogP contribution in [-0.2, 0) is 0 Å². The summed E-state index contributed by atoms with van der Waals surface area (Å²) in [6, 6.07) is 1.78. The van der Waals surface area contributed by atoms with Crippen LogP contribution in [0.15, 0.2) is 15.3 Å². The molecule has 3 nitrogen and oxygen atoms in total. The molecule has 0 spiro atoms. The van der Waals surface area contributed by atoms with Crippen molar-refractivity contribution in [2.24, 2.45) is 11.8 Å². The zero-order valence-electron chi connectivity index (χ0n) is 17.3. The molecule has 1 N–H and O–H groups in total. The summed E-state index contributed by atoms with van der Waals surface area (Å²) in [6.07, 6.45) is 15.6. The van der Waals surface area contributed by atoms with Gasteiger partial charge in [-0.1, -0.05) is 65.2 Å². The fourth-order valence-electron chi connectivity index (χ4n) is 5.67. The largest absolute Gasteiger partial charge is 0.507 e. The lowest BCUT2D eigenvalue weighted by atomic mass is 9.75. The van der Waals surface area contributed by atoms with E-state index in [4.69, 9.17) is 4.42 Å². The smallest absolute Gasteiger partial charge is 0.343 e. The lowest BCUT2D eigenvalue weighted by molar-refractivity contribution is 0.274. The highest BCUT2D eigenvalue weighted by atomic mass is 16.4. The molecule has 1 aromatic rings. The molecule has 0 aliphatic heterocycles. The fraction of sp³-hybridized carbons (Fsp3) is 0.792. The van der Waals surface area contributed by atoms with Crippen molar-refractivity contribution in [2.75, 3.05) is 0 Å². The van der Waals surface area contributed by atoms with Gasteiger partial charge in [0, 0.05) is 12.0 Å². The Labute approximate surface area is 164 Å². The zero-order chi connectivity index (χ0) is 19.2. The van der Waals surface area contributed by atoms with Crippen LogP contribution in [0.1, 0.15) is 120 Å². The Morgan fingerprint density at radius 3 is 2.19 bits per heavy atom. The van der Waals surface area contributed by atoms with Gasteiger partial charge in [-0.25, -0.2) is 4.79 Å². The van der Waals surface area contributed by atoms with Crippen LogP contribution in [0.4, 0.5) is 0 Å². The summed E-state index contributed by atoms with van der Waals surface area (Å²) in [7, 11) is 0. The minimum atomic E-state index is -0.287. The van der Waals surface area contributed by atoms with Gasteiger partial charge in [0.1, 0.15) is 11.5 Å². The van der Waals surface area contributed by atoms with E-state index in [2.05, 4.69) is 13.8 Å². The van der Waals surface area contributed by atoms with Gasteiger partial charge in [-0.2, -0.15) is 0 Å². The second kappa shape index (κ2) is 9.80. The van der Waals surface area contributed by atoms with Crippen molar-refractivity contribution >= 4 is 0 Å². The van der Waals surface area contributed by atoms with Gasteiger partial charge < -0.3 is 9.52 Å². The van der Waals surface area contributed by atoms with Gasteiger partial charge in [0.15, 0.2) is 0 Å². The first kappa shape index (κ1) is 20.5. The summed E-state index contributed by atoms with van der Waals surface area (Å²) >= 11 is 0. The van der Waals surface area contributed by atoms with Gasteiger partial charge in [0.05, 0.1) is 5.56 Å². The maximum Gasteiger partial charge on any atom is 0.343 e. The van der Waals surface area contributed by atoms with Gasteiger partial charge in [-0.05, 0) is 49.9 Å². The summed E-state index contributed by atoms with van der Waals surface area (Å²) in [5, 5.41) is 10.8. The molecule has 2 fully saturated rings. The molecule has 3 heteroatoms. The molecule has 1 aromatic heterocycles. The van der Waals surface area contributed by atoms with Crippen LogP contribution in [0.5, 0.6) is 5.75 Å². The molecule has 1 heterocycles. The number of hydrogen-bond acceptors (Lipinski definition) is 3. The second-order valence-corrected chi connectivity index (χ2v) is 8.99. The van der Waals surface area contributed by atoms with Crippen LogP contribution < -0.4 is 5.63 Å². The third-order valence-electron chi connectivity index (χ3n) is 7.25. The Balaban J connectivity index is 1.81. The van der Waals surface area contributed by atoms with E-state index in [-0.39, 0.29) is 23.2 Å². The van der Waals surface area contributed by atoms with Crippen LogP contribution in [-0.4, -0.2) is 5.11 Å². The molecule has 2 atom stereocenters. The number of hydrogen-bond donors (Lipinski definition) is 1. The number of rotatable bonds is 7. The van der Waals surface area contributed by atoms with Crippen molar-refractivity contribution in [3.05, 3.63) is 27.8 Å². The van der Waals surface area contributed by atoms with E-state index < -0.39 is 0 Å². The van der Waals surface area contributed by atoms with Crippen LogP contribution >= 0.6 is 0 Å². The highest BCUT2D eigenvalue weighted by Gasteiger charge is 2.30. The number of aromatic hydroxyl groups is 1. The first-order valence-corrected chi connectivity index (χ1v) is 11.5. The highest BCUT2D eigenvalue weighted by molar-refractivity contribution is 5.34. The SMILES string of the molecule is CCC(CC1CCCCC1)c1cc(O)c([C@H](CC)C2CCCCC2)c(=O)o1. The van der Waals surface area contributed by atoms with E-state index in [9.17, 15) is 9.90 Å². The van der Waals surface area contributed by atoms with Crippen LogP contribution in [0.25, 0.3) is 0 Å². The first-order valence-electron chi connectivity index (χ1n) is 11.5.